The molecule has 0 aliphatic carbocycles. The van der Waals surface area contributed by atoms with Gasteiger partial charge in [-0.05, 0) is 19.4 Å². The zero-order valence-electron chi connectivity index (χ0n) is 9.66. The van der Waals surface area contributed by atoms with Crippen LogP contribution in [0.1, 0.15) is 26.7 Å². The highest BCUT2D eigenvalue weighted by Gasteiger charge is 2.18. The number of likely N-dealkylation sites (N-methyl/N-ethyl adjacent to an activating group) is 1. The molecular formula is C10H22N2O3. The van der Waals surface area contributed by atoms with Crippen LogP contribution >= 0.6 is 0 Å². The average molecular weight is 218 g/mol. The van der Waals surface area contributed by atoms with Crippen molar-refractivity contribution in [3.8, 4) is 0 Å². The van der Waals surface area contributed by atoms with E-state index in [9.17, 15) is 9.90 Å². The summed E-state index contributed by atoms with van der Waals surface area (Å²) in [7, 11) is 1.56. The van der Waals surface area contributed by atoms with Crippen molar-refractivity contribution in [3.63, 3.8) is 0 Å². The fourth-order valence-electron chi connectivity index (χ4n) is 1.12. The summed E-state index contributed by atoms with van der Waals surface area (Å²) in [4.78, 5) is 11.4. The van der Waals surface area contributed by atoms with Crippen molar-refractivity contribution in [3.05, 3.63) is 0 Å². The van der Waals surface area contributed by atoms with Crippen molar-refractivity contribution >= 4 is 5.91 Å². The fraction of sp³-hybridized carbons (Fsp3) is 0.900. The van der Waals surface area contributed by atoms with Crippen LogP contribution in [0.3, 0.4) is 0 Å². The first-order chi connectivity index (χ1) is 7.01. The zero-order chi connectivity index (χ0) is 11.8. The number of hydrogen-bond donors (Lipinski definition) is 4. The third-order valence-electron chi connectivity index (χ3n) is 2.17. The van der Waals surface area contributed by atoms with Crippen LogP contribution in [0.5, 0.6) is 0 Å². The number of amides is 1. The standard InChI is InChI=1S/C10H22N2O3/c1-7(2)4-5-9(14)12-8(6-13)10(15)11-3/h7-8,10-11,13,15H,4-6H2,1-3H3,(H,12,14). The molecule has 0 saturated heterocycles. The second-order valence-electron chi connectivity index (χ2n) is 4.02. The Balaban J connectivity index is 3.91. The van der Waals surface area contributed by atoms with Crippen LogP contribution < -0.4 is 10.6 Å². The van der Waals surface area contributed by atoms with E-state index in [4.69, 9.17) is 5.11 Å². The minimum absolute atomic E-state index is 0.142. The summed E-state index contributed by atoms with van der Waals surface area (Å²) < 4.78 is 0. The number of rotatable bonds is 7. The Labute approximate surface area is 90.9 Å². The van der Waals surface area contributed by atoms with Gasteiger partial charge < -0.3 is 15.5 Å². The van der Waals surface area contributed by atoms with E-state index in [1.165, 1.54) is 0 Å². The summed E-state index contributed by atoms with van der Waals surface area (Å²) in [6, 6.07) is -0.644. The molecule has 0 aromatic carbocycles. The van der Waals surface area contributed by atoms with Gasteiger partial charge in [0.2, 0.25) is 5.91 Å². The van der Waals surface area contributed by atoms with Gasteiger partial charge in [0.1, 0.15) is 6.23 Å². The van der Waals surface area contributed by atoms with Crippen LogP contribution in [0.15, 0.2) is 0 Å². The first-order valence-corrected chi connectivity index (χ1v) is 5.26. The molecule has 0 rings (SSSR count). The van der Waals surface area contributed by atoms with Crippen LogP contribution in [-0.2, 0) is 4.79 Å². The number of aliphatic hydroxyl groups is 2. The van der Waals surface area contributed by atoms with Crippen LogP contribution in [0.25, 0.3) is 0 Å². The normalized spacial score (nSPS) is 15.1. The van der Waals surface area contributed by atoms with E-state index in [0.717, 1.165) is 6.42 Å². The van der Waals surface area contributed by atoms with Gasteiger partial charge in [-0.2, -0.15) is 0 Å². The molecule has 2 atom stereocenters. The van der Waals surface area contributed by atoms with Crippen LogP contribution in [0, 0.1) is 5.92 Å². The lowest BCUT2D eigenvalue weighted by Gasteiger charge is -2.21. The molecule has 0 radical (unpaired) electrons. The van der Waals surface area contributed by atoms with Crippen molar-refractivity contribution in [2.45, 2.75) is 39.0 Å². The van der Waals surface area contributed by atoms with E-state index in [1.54, 1.807) is 7.05 Å². The topological polar surface area (TPSA) is 81.6 Å². The number of carbonyl (C=O) groups is 1. The zero-order valence-corrected chi connectivity index (χ0v) is 9.66. The molecule has 4 N–H and O–H groups in total. The number of carbonyl (C=O) groups excluding carboxylic acids is 1. The van der Waals surface area contributed by atoms with Crippen molar-refractivity contribution < 1.29 is 15.0 Å². The average Bonchev–Trinajstić information content (AvgIpc) is 2.21. The largest absolute Gasteiger partial charge is 0.394 e. The third-order valence-corrected chi connectivity index (χ3v) is 2.17. The number of aliphatic hydroxyl groups excluding tert-OH is 2. The second-order valence-corrected chi connectivity index (χ2v) is 4.02. The lowest BCUT2D eigenvalue weighted by molar-refractivity contribution is -0.123. The van der Waals surface area contributed by atoms with Crippen molar-refractivity contribution in [1.82, 2.24) is 10.6 Å². The number of nitrogens with one attached hydrogen (secondary N) is 2. The Bertz CT molecular complexity index is 186. The maximum absolute atomic E-state index is 11.4. The van der Waals surface area contributed by atoms with Crippen molar-refractivity contribution in [1.29, 1.82) is 0 Å². The predicted octanol–water partition coefficient (Wildman–Crippen LogP) is -0.563. The lowest BCUT2D eigenvalue weighted by atomic mass is 10.1. The van der Waals surface area contributed by atoms with Gasteiger partial charge in [0, 0.05) is 6.42 Å². The summed E-state index contributed by atoms with van der Waals surface area (Å²) >= 11 is 0. The minimum atomic E-state index is -0.919. The summed E-state index contributed by atoms with van der Waals surface area (Å²) in [5.41, 5.74) is 0. The molecule has 15 heavy (non-hydrogen) atoms. The molecule has 0 heterocycles. The molecular weight excluding hydrogens is 196 g/mol. The fourth-order valence-corrected chi connectivity index (χ4v) is 1.12. The molecule has 5 heteroatoms. The molecule has 0 bridgehead atoms. The van der Waals surface area contributed by atoms with Gasteiger partial charge in [0.05, 0.1) is 12.6 Å². The van der Waals surface area contributed by atoms with E-state index < -0.39 is 12.3 Å². The maximum Gasteiger partial charge on any atom is 0.220 e. The first-order valence-electron chi connectivity index (χ1n) is 5.26. The van der Waals surface area contributed by atoms with E-state index in [1.807, 2.05) is 13.8 Å². The molecule has 0 aromatic rings. The highest BCUT2D eigenvalue weighted by Crippen LogP contribution is 2.03. The highest BCUT2D eigenvalue weighted by molar-refractivity contribution is 5.76. The Hall–Kier alpha value is -0.650. The molecule has 0 aliphatic heterocycles. The molecule has 0 fully saturated rings. The first kappa shape index (κ1) is 14.3. The molecule has 0 aliphatic rings. The summed E-state index contributed by atoms with van der Waals surface area (Å²) in [5, 5.41) is 23.4. The monoisotopic (exact) mass is 218 g/mol. The SMILES string of the molecule is CNC(O)C(CO)NC(=O)CCC(C)C. The van der Waals surface area contributed by atoms with E-state index in [2.05, 4.69) is 10.6 Å². The van der Waals surface area contributed by atoms with Crippen LogP contribution in [-0.4, -0.2) is 42.0 Å². The lowest BCUT2D eigenvalue weighted by Crippen LogP contribution is -2.51. The van der Waals surface area contributed by atoms with Gasteiger partial charge in [0.15, 0.2) is 0 Å². The molecule has 1 amide bonds. The van der Waals surface area contributed by atoms with Crippen molar-refractivity contribution in [2.24, 2.45) is 5.92 Å². The highest BCUT2D eigenvalue weighted by atomic mass is 16.3. The van der Waals surface area contributed by atoms with E-state index in [0.29, 0.717) is 12.3 Å². The molecule has 90 valence electrons. The Morgan fingerprint density at radius 2 is 2.00 bits per heavy atom. The third kappa shape index (κ3) is 6.43. The van der Waals surface area contributed by atoms with Crippen LogP contribution in [0.2, 0.25) is 0 Å². The summed E-state index contributed by atoms with van der Waals surface area (Å²) in [6.07, 6.45) is 0.308. The van der Waals surface area contributed by atoms with Crippen LogP contribution in [0.4, 0.5) is 0 Å². The summed E-state index contributed by atoms with van der Waals surface area (Å²) in [6.45, 7) is 3.80. The molecule has 0 aromatic heterocycles. The van der Waals surface area contributed by atoms with Gasteiger partial charge in [0.25, 0.3) is 0 Å². The molecule has 0 saturated carbocycles. The molecule has 2 unspecified atom stereocenters. The number of hydrogen-bond acceptors (Lipinski definition) is 4. The van der Waals surface area contributed by atoms with Gasteiger partial charge in [-0.15, -0.1) is 0 Å². The van der Waals surface area contributed by atoms with Gasteiger partial charge >= 0.3 is 0 Å². The quantitative estimate of drug-likeness (QED) is 0.432. The maximum atomic E-state index is 11.4. The minimum Gasteiger partial charge on any atom is -0.394 e. The summed E-state index contributed by atoms with van der Waals surface area (Å²) in [5.74, 6) is 0.328. The smallest absolute Gasteiger partial charge is 0.220 e. The molecule has 5 nitrogen and oxygen atoms in total. The van der Waals surface area contributed by atoms with E-state index in [-0.39, 0.29) is 12.5 Å². The molecule has 0 spiro atoms. The Morgan fingerprint density at radius 3 is 2.40 bits per heavy atom. The Kier molecular flexibility index (Phi) is 7.29. The van der Waals surface area contributed by atoms with Gasteiger partial charge in [-0.1, -0.05) is 13.8 Å². The van der Waals surface area contributed by atoms with Gasteiger partial charge in [-0.3, -0.25) is 10.1 Å². The van der Waals surface area contributed by atoms with Gasteiger partial charge in [-0.25, -0.2) is 0 Å². The van der Waals surface area contributed by atoms with Crippen molar-refractivity contribution in [2.75, 3.05) is 13.7 Å². The van der Waals surface area contributed by atoms with E-state index >= 15 is 0 Å². The predicted molar refractivity (Wildman–Crippen MR) is 58.2 cm³/mol. The Morgan fingerprint density at radius 1 is 1.40 bits per heavy atom. The second kappa shape index (κ2) is 7.62.